The number of esters is 1. The molecule has 2 aliphatic rings. The van der Waals surface area contributed by atoms with Gasteiger partial charge < -0.3 is 14.6 Å². The summed E-state index contributed by atoms with van der Waals surface area (Å²) in [5.41, 5.74) is -1.66. The van der Waals surface area contributed by atoms with Crippen molar-refractivity contribution in [1.29, 1.82) is 0 Å². The Morgan fingerprint density at radius 1 is 1.24 bits per heavy atom. The van der Waals surface area contributed by atoms with Crippen molar-refractivity contribution in [3.63, 3.8) is 0 Å². The maximum atomic E-state index is 12.2. The number of methoxy groups -OCH3 is 1. The van der Waals surface area contributed by atoms with Crippen LogP contribution in [0, 0.1) is 5.41 Å². The summed E-state index contributed by atoms with van der Waals surface area (Å²) in [5.74, 6) is 1.58. The second kappa shape index (κ2) is 5.16. The van der Waals surface area contributed by atoms with Crippen LogP contribution < -0.4 is 0 Å². The third-order valence-corrected chi connectivity index (χ3v) is 5.12. The molecule has 1 N–H and O–H groups in total. The van der Waals surface area contributed by atoms with Crippen molar-refractivity contribution in [2.45, 2.75) is 31.3 Å². The van der Waals surface area contributed by atoms with Crippen molar-refractivity contribution in [2.75, 3.05) is 31.8 Å². The van der Waals surface area contributed by atoms with Crippen LogP contribution in [0.25, 0.3) is 0 Å². The van der Waals surface area contributed by atoms with Gasteiger partial charge in [-0.2, -0.15) is 11.8 Å². The van der Waals surface area contributed by atoms with E-state index in [9.17, 15) is 9.90 Å². The number of rotatable bonds is 2. The summed E-state index contributed by atoms with van der Waals surface area (Å²) >= 11 is 1.84. The molecule has 2 heterocycles. The number of carbonyl (C=O) groups is 1. The molecule has 17 heavy (non-hydrogen) atoms. The van der Waals surface area contributed by atoms with Gasteiger partial charge in [0.2, 0.25) is 0 Å². The summed E-state index contributed by atoms with van der Waals surface area (Å²) in [4.78, 5) is 12.2. The van der Waals surface area contributed by atoms with E-state index in [1.807, 2.05) is 11.8 Å². The van der Waals surface area contributed by atoms with E-state index < -0.39 is 11.0 Å². The van der Waals surface area contributed by atoms with Gasteiger partial charge in [-0.15, -0.1) is 0 Å². The van der Waals surface area contributed by atoms with Crippen LogP contribution in [0.2, 0.25) is 0 Å². The molecule has 0 unspecified atom stereocenters. The molecule has 0 aromatic rings. The van der Waals surface area contributed by atoms with Crippen molar-refractivity contribution >= 4 is 17.7 Å². The highest BCUT2D eigenvalue weighted by Gasteiger charge is 2.57. The van der Waals surface area contributed by atoms with Crippen LogP contribution in [0.5, 0.6) is 0 Å². The zero-order valence-electron chi connectivity index (χ0n) is 10.2. The average Bonchev–Trinajstić information content (AvgIpc) is 2.39. The average molecular weight is 260 g/mol. The second-order valence-electron chi connectivity index (χ2n) is 4.83. The van der Waals surface area contributed by atoms with Gasteiger partial charge in [0, 0.05) is 26.1 Å². The minimum absolute atomic E-state index is 0.248. The molecule has 0 amide bonds. The Balaban J connectivity index is 2.27. The van der Waals surface area contributed by atoms with Crippen molar-refractivity contribution in [3.8, 4) is 0 Å². The van der Waals surface area contributed by atoms with Crippen LogP contribution >= 0.6 is 11.8 Å². The quantitative estimate of drug-likeness (QED) is 0.756. The Morgan fingerprint density at radius 2 is 1.82 bits per heavy atom. The van der Waals surface area contributed by atoms with E-state index in [-0.39, 0.29) is 5.97 Å². The van der Waals surface area contributed by atoms with Gasteiger partial charge in [0.05, 0.1) is 18.1 Å². The Labute approximate surface area is 106 Å². The lowest BCUT2D eigenvalue weighted by atomic mass is 9.64. The molecule has 0 saturated carbocycles. The lowest BCUT2D eigenvalue weighted by Crippen LogP contribution is -2.57. The number of hydrogen-bond acceptors (Lipinski definition) is 5. The monoisotopic (exact) mass is 260 g/mol. The maximum absolute atomic E-state index is 12.2. The minimum Gasteiger partial charge on any atom is -0.469 e. The van der Waals surface area contributed by atoms with Gasteiger partial charge in [0.15, 0.2) is 0 Å². The molecule has 0 atom stereocenters. The second-order valence-corrected chi connectivity index (χ2v) is 6.05. The molecule has 2 aliphatic heterocycles. The van der Waals surface area contributed by atoms with Crippen LogP contribution in [-0.4, -0.2) is 48.5 Å². The van der Waals surface area contributed by atoms with E-state index in [2.05, 4.69) is 0 Å². The largest absolute Gasteiger partial charge is 0.469 e. The maximum Gasteiger partial charge on any atom is 0.314 e. The van der Waals surface area contributed by atoms with E-state index in [4.69, 9.17) is 9.47 Å². The molecule has 0 radical (unpaired) electrons. The van der Waals surface area contributed by atoms with E-state index in [1.165, 1.54) is 7.11 Å². The van der Waals surface area contributed by atoms with Gasteiger partial charge in [-0.3, -0.25) is 4.79 Å². The van der Waals surface area contributed by atoms with Crippen LogP contribution in [0.15, 0.2) is 0 Å². The molecule has 0 aromatic carbocycles. The lowest BCUT2D eigenvalue weighted by Gasteiger charge is -2.48. The fraction of sp³-hybridized carbons (Fsp3) is 0.917. The zero-order chi connectivity index (χ0) is 12.4. The Kier molecular flexibility index (Phi) is 4.00. The molecule has 98 valence electrons. The topological polar surface area (TPSA) is 55.8 Å². The lowest BCUT2D eigenvalue weighted by molar-refractivity contribution is -0.188. The highest BCUT2D eigenvalue weighted by atomic mass is 32.2. The first-order chi connectivity index (χ1) is 8.15. The van der Waals surface area contributed by atoms with Gasteiger partial charge in [0.25, 0.3) is 0 Å². The number of ether oxygens (including phenoxy) is 2. The van der Waals surface area contributed by atoms with Crippen LogP contribution in [-0.2, 0) is 14.3 Å². The summed E-state index contributed by atoms with van der Waals surface area (Å²) < 4.78 is 10.3. The molecule has 4 nitrogen and oxygen atoms in total. The van der Waals surface area contributed by atoms with E-state index in [1.54, 1.807) is 0 Å². The number of aliphatic hydroxyl groups is 1. The number of hydrogen-bond donors (Lipinski definition) is 1. The van der Waals surface area contributed by atoms with E-state index in [0.717, 1.165) is 11.5 Å². The van der Waals surface area contributed by atoms with Crippen molar-refractivity contribution < 1.29 is 19.4 Å². The van der Waals surface area contributed by atoms with E-state index in [0.29, 0.717) is 38.9 Å². The molecule has 0 bridgehead atoms. The van der Waals surface area contributed by atoms with Gasteiger partial charge >= 0.3 is 5.97 Å². The van der Waals surface area contributed by atoms with Crippen molar-refractivity contribution in [2.24, 2.45) is 5.41 Å². The summed E-state index contributed by atoms with van der Waals surface area (Å²) in [6.45, 7) is 1.06. The molecule has 0 spiro atoms. The van der Waals surface area contributed by atoms with Gasteiger partial charge in [-0.05, 0) is 24.3 Å². The predicted octanol–water partition coefficient (Wildman–Crippen LogP) is 1.21. The van der Waals surface area contributed by atoms with Crippen molar-refractivity contribution in [3.05, 3.63) is 0 Å². The summed E-state index contributed by atoms with van der Waals surface area (Å²) in [5, 5.41) is 10.9. The van der Waals surface area contributed by atoms with Crippen LogP contribution in [0.1, 0.15) is 25.7 Å². The first kappa shape index (κ1) is 13.2. The predicted molar refractivity (Wildman–Crippen MR) is 66.0 cm³/mol. The Morgan fingerprint density at radius 3 is 2.35 bits per heavy atom. The normalized spacial score (nSPS) is 27.4. The summed E-state index contributed by atoms with van der Waals surface area (Å²) in [7, 11) is 1.41. The smallest absolute Gasteiger partial charge is 0.314 e. The summed E-state index contributed by atoms with van der Waals surface area (Å²) in [6.07, 6.45) is 2.49. The standard InChI is InChI=1S/C12H20O4S/c1-15-10(13)11(4-8-17-9-5-11)12(14)2-6-16-7-3-12/h14H,2-9H2,1H3. The molecular weight excluding hydrogens is 240 g/mol. The molecular formula is C12H20O4S. The molecule has 2 fully saturated rings. The van der Waals surface area contributed by atoms with Crippen molar-refractivity contribution in [1.82, 2.24) is 0 Å². The molecule has 2 saturated heterocycles. The third kappa shape index (κ3) is 2.20. The highest BCUT2D eigenvalue weighted by Crippen LogP contribution is 2.49. The first-order valence-electron chi connectivity index (χ1n) is 6.11. The molecule has 0 aromatic heterocycles. The van der Waals surface area contributed by atoms with Crippen LogP contribution in [0.3, 0.4) is 0 Å². The fourth-order valence-corrected chi connectivity index (χ4v) is 4.15. The third-order valence-electron chi connectivity index (χ3n) is 4.13. The van der Waals surface area contributed by atoms with Gasteiger partial charge in [-0.25, -0.2) is 0 Å². The number of carbonyl (C=O) groups excluding carboxylic acids is 1. The van der Waals surface area contributed by atoms with Crippen LogP contribution in [0.4, 0.5) is 0 Å². The molecule has 2 rings (SSSR count). The highest BCUT2D eigenvalue weighted by molar-refractivity contribution is 7.99. The Hall–Kier alpha value is -0.260. The summed E-state index contributed by atoms with van der Waals surface area (Å²) in [6, 6.07) is 0. The van der Waals surface area contributed by atoms with Gasteiger partial charge in [-0.1, -0.05) is 0 Å². The zero-order valence-corrected chi connectivity index (χ0v) is 11.1. The molecule has 0 aliphatic carbocycles. The van der Waals surface area contributed by atoms with Gasteiger partial charge in [0.1, 0.15) is 0 Å². The fourth-order valence-electron chi connectivity index (χ4n) is 2.96. The SMILES string of the molecule is COC(=O)C1(C2(O)CCOCC2)CCSCC1. The minimum atomic E-state index is -0.945. The Bertz CT molecular complexity index is 280. The van der Waals surface area contributed by atoms with E-state index >= 15 is 0 Å². The number of thioether (sulfide) groups is 1. The first-order valence-corrected chi connectivity index (χ1v) is 7.26. The molecule has 5 heteroatoms.